The van der Waals surface area contributed by atoms with Crippen molar-refractivity contribution in [1.82, 2.24) is 10.0 Å². The molecule has 2 atom stereocenters. The Morgan fingerprint density at radius 3 is 1.29 bits per heavy atom. The molecule has 2 heterocycles. The Balaban J connectivity index is 1.68. The zero-order valence-corrected chi connectivity index (χ0v) is 15.4. The second kappa shape index (κ2) is 7.26. The molecule has 2 aromatic carbocycles. The van der Waals surface area contributed by atoms with Gasteiger partial charge in [-0.05, 0) is 47.5 Å². The molecule has 0 fully saturated rings. The Kier molecular flexibility index (Phi) is 4.65. The maximum absolute atomic E-state index is 6.24. The highest BCUT2D eigenvalue weighted by atomic mass is 15.5. The van der Waals surface area contributed by atoms with E-state index in [0.29, 0.717) is 0 Å². The van der Waals surface area contributed by atoms with Crippen LogP contribution in [-0.2, 0) is 0 Å². The third-order valence-electron chi connectivity index (χ3n) is 5.04. The van der Waals surface area contributed by atoms with Gasteiger partial charge in [0.2, 0.25) is 0 Å². The van der Waals surface area contributed by atoms with Gasteiger partial charge in [0, 0.05) is 35.6 Å². The van der Waals surface area contributed by atoms with Crippen molar-refractivity contribution in [1.29, 1.82) is 0 Å². The molecule has 142 valence electrons. The molecule has 0 spiro atoms. The molecule has 2 unspecified atom stereocenters. The Labute approximate surface area is 164 Å². The van der Waals surface area contributed by atoms with Crippen molar-refractivity contribution in [2.45, 2.75) is 11.8 Å². The lowest BCUT2D eigenvalue weighted by Crippen LogP contribution is -2.36. The number of anilines is 2. The Morgan fingerprint density at radius 2 is 0.929 bits per heavy atom. The van der Waals surface area contributed by atoms with E-state index in [1.807, 2.05) is 73.1 Å². The summed E-state index contributed by atoms with van der Waals surface area (Å²) in [4.78, 5) is 0. The van der Waals surface area contributed by atoms with Crippen molar-refractivity contribution in [3.05, 3.63) is 108 Å². The normalized spacial score (nSPS) is 21.5. The maximum Gasteiger partial charge on any atom is 0.0786 e. The zero-order chi connectivity index (χ0) is 19.7. The monoisotopic (exact) mass is 372 g/mol. The smallest absolute Gasteiger partial charge is 0.0786 e. The van der Waals surface area contributed by atoms with Gasteiger partial charge in [0.25, 0.3) is 0 Å². The molecular weight excluding hydrogens is 348 g/mol. The summed E-state index contributed by atoms with van der Waals surface area (Å²) >= 11 is 0. The quantitative estimate of drug-likeness (QED) is 0.487. The summed E-state index contributed by atoms with van der Waals surface area (Å²) in [6.45, 7) is 0. The molecule has 0 saturated heterocycles. The second-order valence-electron chi connectivity index (χ2n) is 6.99. The highest BCUT2D eigenvalue weighted by Gasteiger charge is 2.23. The van der Waals surface area contributed by atoms with Gasteiger partial charge in [-0.25, -0.2) is 11.7 Å². The highest BCUT2D eigenvalue weighted by Crippen LogP contribution is 2.33. The van der Waals surface area contributed by atoms with Gasteiger partial charge in [-0.2, -0.15) is 0 Å². The first-order valence-corrected chi connectivity index (χ1v) is 9.10. The second-order valence-corrected chi connectivity index (χ2v) is 6.99. The highest BCUT2D eigenvalue weighted by molar-refractivity contribution is 5.48. The van der Waals surface area contributed by atoms with Crippen LogP contribution in [0.3, 0.4) is 0 Å². The SMILES string of the molecule is Nc1ccc(C2C=CN(N)C(C3=CC(c4ccc(N)cc4)C=CN3N)=C2)cc1. The summed E-state index contributed by atoms with van der Waals surface area (Å²) in [5.41, 5.74) is 17.1. The molecule has 0 radical (unpaired) electrons. The van der Waals surface area contributed by atoms with E-state index < -0.39 is 0 Å². The fourth-order valence-corrected chi connectivity index (χ4v) is 3.44. The van der Waals surface area contributed by atoms with Crippen LogP contribution >= 0.6 is 0 Å². The summed E-state index contributed by atoms with van der Waals surface area (Å²) in [7, 11) is 0. The van der Waals surface area contributed by atoms with E-state index in [1.165, 1.54) is 0 Å². The van der Waals surface area contributed by atoms with Crippen LogP contribution in [-0.4, -0.2) is 10.0 Å². The van der Waals surface area contributed by atoms with Crippen molar-refractivity contribution < 1.29 is 0 Å². The van der Waals surface area contributed by atoms with Gasteiger partial charge < -0.3 is 11.5 Å². The Morgan fingerprint density at radius 1 is 0.571 bits per heavy atom. The number of benzene rings is 2. The van der Waals surface area contributed by atoms with Crippen molar-refractivity contribution in [3.63, 3.8) is 0 Å². The van der Waals surface area contributed by atoms with Crippen molar-refractivity contribution >= 4 is 11.4 Å². The fourth-order valence-electron chi connectivity index (χ4n) is 3.44. The molecule has 0 saturated carbocycles. The molecule has 28 heavy (non-hydrogen) atoms. The zero-order valence-electron chi connectivity index (χ0n) is 15.4. The Bertz CT molecular complexity index is 888. The van der Waals surface area contributed by atoms with Crippen molar-refractivity contribution in [2.24, 2.45) is 11.7 Å². The number of rotatable bonds is 3. The molecule has 6 heteroatoms. The lowest BCUT2D eigenvalue weighted by molar-refractivity contribution is 0.411. The first-order valence-electron chi connectivity index (χ1n) is 9.10. The topological polar surface area (TPSA) is 111 Å². The van der Waals surface area contributed by atoms with Crippen LogP contribution in [0.5, 0.6) is 0 Å². The number of nitrogen functional groups attached to an aromatic ring is 2. The molecule has 0 aromatic heterocycles. The molecule has 8 N–H and O–H groups in total. The van der Waals surface area contributed by atoms with Crippen molar-refractivity contribution in [2.75, 3.05) is 11.5 Å². The van der Waals surface area contributed by atoms with Gasteiger partial charge >= 0.3 is 0 Å². The predicted octanol–water partition coefficient (Wildman–Crippen LogP) is 2.89. The molecule has 6 nitrogen and oxygen atoms in total. The largest absolute Gasteiger partial charge is 0.399 e. The van der Waals surface area contributed by atoms with E-state index >= 15 is 0 Å². The molecule has 0 aliphatic carbocycles. The van der Waals surface area contributed by atoms with E-state index in [4.69, 9.17) is 23.2 Å². The van der Waals surface area contributed by atoms with Crippen LogP contribution in [0.4, 0.5) is 11.4 Å². The van der Waals surface area contributed by atoms with E-state index in [-0.39, 0.29) is 11.8 Å². The number of allylic oxidation sites excluding steroid dienone is 4. The standard InChI is InChI=1S/C22H24N6/c23-19-5-1-15(2-6-19)17-9-11-27(25)21(13-17)22-14-18(10-12-28(22)26)16-3-7-20(24)8-4-16/h1-14,17-18H,23-26H2. The van der Waals surface area contributed by atoms with Crippen LogP contribution in [0.1, 0.15) is 23.0 Å². The summed E-state index contributed by atoms with van der Waals surface area (Å²) in [5.74, 6) is 12.6. The number of hydrogen-bond acceptors (Lipinski definition) is 6. The molecule has 0 amide bonds. The number of hydrazine groups is 2. The van der Waals surface area contributed by atoms with Crippen LogP contribution in [0.15, 0.2) is 96.6 Å². The van der Waals surface area contributed by atoms with Crippen LogP contribution < -0.4 is 23.2 Å². The first kappa shape index (κ1) is 17.9. The average molecular weight is 372 g/mol. The molecule has 2 aliphatic rings. The fraction of sp³-hybridized carbons (Fsp3) is 0.0909. The number of nitrogens with zero attached hydrogens (tertiary/aromatic N) is 2. The first-order chi connectivity index (χ1) is 13.5. The molecule has 0 bridgehead atoms. The molecule has 4 rings (SSSR count). The van der Waals surface area contributed by atoms with Gasteiger partial charge in [0.05, 0.1) is 11.4 Å². The van der Waals surface area contributed by atoms with E-state index in [0.717, 1.165) is 33.9 Å². The minimum Gasteiger partial charge on any atom is -0.399 e. The maximum atomic E-state index is 6.24. The third kappa shape index (κ3) is 3.51. The summed E-state index contributed by atoms with van der Waals surface area (Å²) < 4.78 is 0. The van der Waals surface area contributed by atoms with Gasteiger partial charge in [-0.1, -0.05) is 36.4 Å². The van der Waals surface area contributed by atoms with Crippen LogP contribution in [0.25, 0.3) is 0 Å². The van der Waals surface area contributed by atoms with Crippen LogP contribution in [0.2, 0.25) is 0 Å². The number of nitrogens with two attached hydrogens (primary N) is 4. The third-order valence-corrected chi connectivity index (χ3v) is 5.04. The molecular formula is C22H24N6. The lowest BCUT2D eigenvalue weighted by atomic mass is 9.92. The van der Waals surface area contributed by atoms with Gasteiger partial charge in [0.1, 0.15) is 0 Å². The van der Waals surface area contributed by atoms with E-state index in [1.54, 1.807) is 10.0 Å². The van der Waals surface area contributed by atoms with E-state index in [2.05, 4.69) is 12.2 Å². The summed E-state index contributed by atoms with van der Waals surface area (Å²) in [5, 5.41) is 3.19. The van der Waals surface area contributed by atoms with Crippen molar-refractivity contribution in [3.8, 4) is 0 Å². The van der Waals surface area contributed by atoms with Crippen LogP contribution in [0, 0.1) is 0 Å². The molecule has 2 aromatic rings. The average Bonchev–Trinajstić information content (AvgIpc) is 2.70. The van der Waals surface area contributed by atoms with E-state index in [9.17, 15) is 0 Å². The lowest BCUT2D eigenvalue weighted by Gasteiger charge is -2.32. The van der Waals surface area contributed by atoms with Gasteiger partial charge in [-0.15, -0.1) is 0 Å². The summed E-state index contributed by atoms with van der Waals surface area (Å²) in [6.07, 6.45) is 12.0. The minimum absolute atomic E-state index is 0.0885. The molecule has 2 aliphatic heterocycles. The minimum atomic E-state index is 0.0885. The summed E-state index contributed by atoms with van der Waals surface area (Å²) in [6, 6.07) is 15.7. The van der Waals surface area contributed by atoms with Gasteiger partial charge in [-0.3, -0.25) is 10.0 Å². The van der Waals surface area contributed by atoms with Gasteiger partial charge in [0.15, 0.2) is 0 Å². The Hall–Kier alpha value is -3.48. The predicted molar refractivity (Wildman–Crippen MR) is 114 cm³/mol. The number of hydrogen-bond donors (Lipinski definition) is 4.